The molecule has 0 amide bonds. The van der Waals surface area contributed by atoms with E-state index < -0.39 is 0 Å². The number of anilines is 1. The number of hydrogen-bond acceptors (Lipinski definition) is 4. The highest BCUT2D eigenvalue weighted by Gasteiger charge is 2.37. The number of methoxy groups -OCH3 is 1. The van der Waals surface area contributed by atoms with Crippen molar-refractivity contribution in [3.05, 3.63) is 107 Å². The van der Waals surface area contributed by atoms with Crippen LogP contribution in [-0.4, -0.2) is 22.4 Å². The van der Waals surface area contributed by atoms with E-state index in [0.29, 0.717) is 6.42 Å². The fourth-order valence-electron chi connectivity index (χ4n) is 5.13. The lowest BCUT2D eigenvalue weighted by Gasteiger charge is -2.35. The summed E-state index contributed by atoms with van der Waals surface area (Å²) in [4.78, 5) is 18.5. The predicted molar refractivity (Wildman–Crippen MR) is 135 cm³/mol. The molecule has 2 heterocycles. The van der Waals surface area contributed by atoms with Gasteiger partial charge >= 0.3 is 0 Å². The molecule has 0 radical (unpaired) electrons. The third kappa shape index (κ3) is 3.50. The molecule has 5 nitrogen and oxygen atoms in total. The van der Waals surface area contributed by atoms with Gasteiger partial charge in [0, 0.05) is 17.7 Å². The standard InChI is InChI=1S/C29H25N3O2/c1-34-22-14-12-20(13-15-22)21-17-24-28(27(33)18-21)26(16-11-19-7-3-2-4-8-19)32-25-10-6-5-9-23(25)30-29(32)31-24/h2-16,21,26H,17-18H2,1H3,(H,30,31)/b16-11+. The number of aromatic nitrogens is 2. The third-order valence-corrected chi connectivity index (χ3v) is 6.80. The molecule has 3 aromatic carbocycles. The molecule has 34 heavy (non-hydrogen) atoms. The number of ether oxygens (including phenoxy) is 1. The summed E-state index contributed by atoms with van der Waals surface area (Å²) in [5.41, 5.74) is 6.01. The number of allylic oxidation sites excluding steroid dienone is 3. The number of Topliss-reactive ketones (excluding diaryl/α,β-unsaturated/α-hetero) is 1. The third-order valence-electron chi connectivity index (χ3n) is 6.80. The molecule has 0 saturated carbocycles. The second-order valence-corrected chi connectivity index (χ2v) is 8.83. The van der Waals surface area contributed by atoms with E-state index in [1.807, 2.05) is 48.5 Å². The quantitative estimate of drug-likeness (QED) is 0.409. The SMILES string of the molecule is COc1ccc(C2CC(=O)C3=C(C2)Nc2nc4ccccc4n2C3/C=C/c2ccccc2)cc1. The van der Waals surface area contributed by atoms with Gasteiger partial charge in [-0.3, -0.25) is 9.36 Å². The molecule has 168 valence electrons. The number of ketones is 1. The van der Waals surface area contributed by atoms with Gasteiger partial charge < -0.3 is 10.1 Å². The number of fused-ring (bicyclic) bond motifs is 3. The summed E-state index contributed by atoms with van der Waals surface area (Å²) in [5.74, 6) is 1.91. The number of carbonyl (C=O) groups excluding carboxylic acids is 1. The van der Waals surface area contributed by atoms with E-state index in [-0.39, 0.29) is 17.7 Å². The van der Waals surface area contributed by atoms with Gasteiger partial charge in [0.15, 0.2) is 5.78 Å². The number of imidazole rings is 1. The normalized spacial score (nSPS) is 19.7. The molecule has 2 atom stereocenters. The van der Waals surface area contributed by atoms with Gasteiger partial charge in [-0.2, -0.15) is 0 Å². The zero-order chi connectivity index (χ0) is 23.1. The molecule has 1 N–H and O–H groups in total. The maximum Gasteiger partial charge on any atom is 0.209 e. The maximum atomic E-state index is 13.6. The molecular formula is C29H25N3O2. The molecule has 0 spiro atoms. The largest absolute Gasteiger partial charge is 0.497 e. The van der Waals surface area contributed by atoms with Crippen LogP contribution in [0.1, 0.15) is 35.9 Å². The van der Waals surface area contributed by atoms with Crippen molar-refractivity contribution in [3.8, 4) is 5.75 Å². The molecule has 5 heteroatoms. The monoisotopic (exact) mass is 447 g/mol. The minimum atomic E-state index is -0.205. The zero-order valence-corrected chi connectivity index (χ0v) is 18.9. The van der Waals surface area contributed by atoms with Gasteiger partial charge in [-0.15, -0.1) is 0 Å². The Morgan fingerprint density at radius 3 is 2.53 bits per heavy atom. The molecule has 1 aromatic heterocycles. The fourth-order valence-corrected chi connectivity index (χ4v) is 5.13. The van der Waals surface area contributed by atoms with Crippen LogP contribution in [0.15, 0.2) is 96.2 Å². The Labute approximate surface area is 198 Å². The lowest BCUT2D eigenvalue weighted by molar-refractivity contribution is -0.116. The summed E-state index contributed by atoms with van der Waals surface area (Å²) in [5, 5.41) is 3.52. The molecule has 1 aliphatic carbocycles. The Balaban J connectivity index is 1.43. The maximum absolute atomic E-state index is 13.6. The summed E-state index contributed by atoms with van der Waals surface area (Å²) in [6, 6.07) is 26.1. The second kappa shape index (κ2) is 8.34. The number of nitrogens with one attached hydrogen (secondary N) is 1. The highest BCUT2D eigenvalue weighted by Crippen LogP contribution is 2.44. The van der Waals surface area contributed by atoms with Gasteiger partial charge in [-0.1, -0.05) is 66.7 Å². The predicted octanol–water partition coefficient (Wildman–Crippen LogP) is 6.13. The molecule has 0 saturated heterocycles. The van der Waals surface area contributed by atoms with Crippen molar-refractivity contribution >= 4 is 28.8 Å². The van der Waals surface area contributed by atoms with Crippen LogP contribution in [0, 0.1) is 0 Å². The van der Waals surface area contributed by atoms with Crippen LogP contribution in [0.4, 0.5) is 5.95 Å². The molecule has 6 rings (SSSR count). The number of nitrogens with zero attached hydrogens (tertiary/aromatic N) is 2. The number of carbonyl (C=O) groups is 1. The van der Waals surface area contributed by atoms with Crippen LogP contribution in [0.5, 0.6) is 5.75 Å². The van der Waals surface area contributed by atoms with E-state index in [4.69, 9.17) is 9.72 Å². The molecule has 4 aromatic rings. The topological polar surface area (TPSA) is 56.1 Å². The van der Waals surface area contributed by atoms with E-state index in [9.17, 15) is 4.79 Å². The Hall–Kier alpha value is -4.12. The Kier molecular flexibility index (Phi) is 5.02. The lowest BCUT2D eigenvalue weighted by Crippen LogP contribution is -2.31. The lowest BCUT2D eigenvalue weighted by atomic mass is 9.79. The van der Waals surface area contributed by atoms with Crippen LogP contribution < -0.4 is 10.1 Å². The zero-order valence-electron chi connectivity index (χ0n) is 18.9. The molecular weight excluding hydrogens is 422 g/mol. The van der Waals surface area contributed by atoms with Crippen molar-refractivity contribution in [1.29, 1.82) is 0 Å². The van der Waals surface area contributed by atoms with E-state index in [1.165, 1.54) is 0 Å². The first-order valence-corrected chi connectivity index (χ1v) is 11.6. The number of rotatable bonds is 4. The minimum absolute atomic E-state index is 0.124. The summed E-state index contributed by atoms with van der Waals surface area (Å²) < 4.78 is 7.45. The smallest absolute Gasteiger partial charge is 0.209 e. The molecule has 0 fully saturated rings. The summed E-state index contributed by atoms with van der Waals surface area (Å²) in [6.45, 7) is 0. The summed E-state index contributed by atoms with van der Waals surface area (Å²) in [7, 11) is 1.66. The summed E-state index contributed by atoms with van der Waals surface area (Å²) in [6.07, 6.45) is 5.49. The van der Waals surface area contributed by atoms with Crippen molar-refractivity contribution < 1.29 is 9.53 Å². The highest BCUT2D eigenvalue weighted by atomic mass is 16.5. The highest BCUT2D eigenvalue weighted by molar-refractivity contribution is 6.01. The molecule has 1 aliphatic heterocycles. The Bertz CT molecular complexity index is 1430. The first-order valence-electron chi connectivity index (χ1n) is 11.6. The van der Waals surface area contributed by atoms with Crippen LogP contribution in [0.2, 0.25) is 0 Å². The Morgan fingerprint density at radius 1 is 0.971 bits per heavy atom. The second-order valence-electron chi connectivity index (χ2n) is 8.83. The molecule has 2 aliphatic rings. The van der Waals surface area contributed by atoms with Crippen molar-refractivity contribution in [1.82, 2.24) is 9.55 Å². The van der Waals surface area contributed by atoms with Gasteiger partial charge in [0.2, 0.25) is 5.95 Å². The van der Waals surface area contributed by atoms with Gasteiger partial charge in [-0.05, 0) is 47.7 Å². The number of para-hydroxylation sites is 2. The van der Waals surface area contributed by atoms with Crippen LogP contribution in [0.25, 0.3) is 17.1 Å². The number of benzene rings is 3. The van der Waals surface area contributed by atoms with Gasteiger partial charge in [-0.25, -0.2) is 4.98 Å². The summed E-state index contributed by atoms with van der Waals surface area (Å²) >= 11 is 0. The van der Waals surface area contributed by atoms with Gasteiger partial charge in [0.05, 0.1) is 24.2 Å². The van der Waals surface area contributed by atoms with Crippen LogP contribution >= 0.6 is 0 Å². The van der Waals surface area contributed by atoms with Crippen LogP contribution in [-0.2, 0) is 4.79 Å². The van der Waals surface area contributed by atoms with E-state index in [1.54, 1.807) is 7.11 Å². The molecule has 0 bridgehead atoms. The average molecular weight is 448 g/mol. The van der Waals surface area contributed by atoms with E-state index >= 15 is 0 Å². The van der Waals surface area contributed by atoms with E-state index in [0.717, 1.165) is 51.5 Å². The first-order chi connectivity index (χ1) is 16.7. The average Bonchev–Trinajstić information content (AvgIpc) is 3.25. The molecule has 2 unspecified atom stereocenters. The van der Waals surface area contributed by atoms with Crippen molar-refractivity contribution in [2.24, 2.45) is 0 Å². The van der Waals surface area contributed by atoms with Crippen molar-refractivity contribution in [2.75, 3.05) is 12.4 Å². The minimum Gasteiger partial charge on any atom is -0.497 e. The fraction of sp³-hybridized carbons (Fsp3) is 0.172. The Morgan fingerprint density at radius 2 is 1.74 bits per heavy atom. The van der Waals surface area contributed by atoms with Gasteiger partial charge in [0.25, 0.3) is 0 Å². The first kappa shape index (κ1) is 20.5. The van der Waals surface area contributed by atoms with Crippen molar-refractivity contribution in [3.63, 3.8) is 0 Å². The van der Waals surface area contributed by atoms with Crippen molar-refractivity contribution in [2.45, 2.75) is 24.8 Å². The number of hydrogen-bond donors (Lipinski definition) is 1. The van der Waals surface area contributed by atoms with E-state index in [2.05, 4.69) is 52.4 Å². The van der Waals surface area contributed by atoms with Gasteiger partial charge in [0.1, 0.15) is 5.75 Å². The van der Waals surface area contributed by atoms with Crippen LogP contribution in [0.3, 0.4) is 0 Å².